The summed E-state index contributed by atoms with van der Waals surface area (Å²) in [6, 6.07) is 18.3. The molecule has 0 aliphatic carbocycles. The fraction of sp³-hybridized carbons (Fsp3) is 0.500. The van der Waals surface area contributed by atoms with Crippen molar-refractivity contribution in [1.82, 2.24) is 10.6 Å². The number of benzene rings is 2. The Morgan fingerprint density at radius 2 is 1.17 bits per heavy atom. The maximum absolute atomic E-state index is 12.5. The number of aliphatic hydroxyl groups excluding tert-OH is 1. The minimum absolute atomic E-state index is 0.210. The van der Waals surface area contributed by atoms with Crippen LogP contribution in [-0.2, 0) is 22.3 Å². The molecule has 2 aromatic carbocycles. The highest BCUT2D eigenvalue weighted by Crippen LogP contribution is 2.16. The molecule has 0 radical (unpaired) electrons. The lowest BCUT2D eigenvalue weighted by molar-refractivity contribution is 0.0365. The third-order valence-corrected chi connectivity index (χ3v) is 5.04. The second kappa shape index (κ2) is 12.6. The molecular weight excluding hydrogens is 444 g/mol. The van der Waals surface area contributed by atoms with Crippen LogP contribution >= 0.6 is 0 Å². The van der Waals surface area contributed by atoms with Gasteiger partial charge in [-0.1, -0.05) is 60.7 Å². The quantitative estimate of drug-likeness (QED) is 0.465. The monoisotopic (exact) mass is 484 g/mol. The minimum Gasteiger partial charge on any atom is -0.444 e. The Morgan fingerprint density at radius 3 is 1.63 bits per heavy atom. The number of carbonyl (C=O) groups excluding carboxylic acids is 2. The first-order chi connectivity index (χ1) is 16.3. The molecule has 7 heteroatoms. The van der Waals surface area contributed by atoms with E-state index in [4.69, 9.17) is 9.47 Å². The zero-order valence-electron chi connectivity index (χ0n) is 21.7. The van der Waals surface area contributed by atoms with Gasteiger partial charge in [0, 0.05) is 6.04 Å². The lowest BCUT2D eigenvalue weighted by Gasteiger charge is -2.30. The van der Waals surface area contributed by atoms with Gasteiger partial charge in [0.2, 0.25) is 0 Å². The van der Waals surface area contributed by atoms with Crippen molar-refractivity contribution in [1.29, 1.82) is 0 Å². The predicted octanol–water partition coefficient (Wildman–Crippen LogP) is 5.01. The molecule has 35 heavy (non-hydrogen) atoms. The highest BCUT2D eigenvalue weighted by molar-refractivity contribution is 5.68. The molecule has 0 heterocycles. The normalized spacial score (nSPS) is 14.4. The maximum Gasteiger partial charge on any atom is 0.407 e. The van der Waals surface area contributed by atoms with E-state index in [1.807, 2.05) is 60.7 Å². The molecule has 0 aliphatic rings. The molecule has 7 nitrogen and oxygen atoms in total. The highest BCUT2D eigenvalue weighted by Gasteiger charge is 2.29. The number of carbonyl (C=O) groups is 2. The van der Waals surface area contributed by atoms with E-state index < -0.39 is 41.6 Å². The molecule has 0 aliphatic heterocycles. The van der Waals surface area contributed by atoms with Gasteiger partial charge in [-0.3, -0.25) is 0 Å². The number of rotatable bonds is 9. The summed E-state index contributed by atoms with van der Waals surface area (Å²) in [6.07, 6.45) is -0.983. The van der Waals surface area contributed by atoms with Crippen LogP contribution in [0, 0.1) is 0 Å². The number of hydrogen-bond donors (Lipinski definition) is 3. The van der Waals surface area contributed by atoms with E-state index in [9.17, 15) is 14.7 Å². The molecule has 2 amide bonds. The number of amides is 2. The topological polar surface area (TPSA) is 96.9 Å². The van der Waals surface area contributed by atoms with Crippen LogP contribution in [0.3, 0.4) is 0 Å². The predicted molar refractivity (Wildman–Crippen MR) is 137 cm³/mol. The summed E-state index contributed by atoms with van der Waals surface area (Å²) in [6.45, 7) is 10.8. The summed E-state index contributed by atoms with van der Waals surface area (Å²) in [4.78, 5) is 25.1. The number of aliphatic hydroxyl groups is 1. The van der Waals surface area contributed by atoms with Gasteiger partial charge in [0.05, 0.1) is 12.1 Å². The second-order valence-electron chi connectivity index (χ2n) is 10.8. The fourth-order valence-corrected chi connectivity index (χ4v) is 3.63. The van der Waals surface area contributed by atoms with Gasteiger partial charge in [0.1, 0.15) is 11.2 Å². The van der Waals surface area contributed by atoms with Crippen LogP contribution < -0.4 is 10.6 Å². The fourth-order valence-electron chi connectivity index (χ4n) is 3.63. The van der Waals surface area contributed by atoms with E-state index in [0.717, 1.165) is 11.1 Å². The first kappa shape index (κ1) is 28.2. The van der Waals surface area contributed by atoms with Gasteiger partial charge in [-0.2, -0.15) is 0 Å². The smallest absolute Gasteiger partial charge is 0.407 e. The van der Waals surface area contributed by atoms with Crippen LogP contribution in [0.15, 0.2) is 60.7 Å². The standard InChI is InChI=1S/C28H40N2O5/c1-27(2,3)34-25(32)29-22(17-20-13-9-7-10-14-20)19-24(31)23(18-21-15-11-8-12-16-21)30-26(33)35-28(4,5)6/h7-16,22-24,31H,17-19H2,1-6H3,(H,29,32)(H,30,33). The van der Waals surface area contributed by atoms with E-state index in [1.54, 1.807) is 41.5 Å². The number of alkyl carbamates (subject to hydrolysis) is 2. The molecule has 0 fully saturated rings. The van der Waals surface area contributed by atoms with E-state index in [2.05, 4.69) is 10.6 Å². The Balaban J connectivity index is 2.20. The molecule has 3 unspecified atom stereocenters. The van der Waals surface area contributed by atoms with Gasteiger partial charge in [0.25, 0.3) is 0 Å². The molecule has 0 saturated carbocycles. The Hall–Kier alpha value is -3.06. The summed E-state index contributed by atoms with van der Waals surface area (Å²) in [5.74, 6) is 0. The first-order valence-electron chi connectivity index (χ1n) is 12.1. The Labute approximate surface area is 209 Å². The van der Waals surface area contributed by atoms with E-state index in [-0.39, 0.29) is 6.42 Å². The zero-order valence-corrected chi connectivity index (χ0v) is 21.7. The molecule has 0 saturated heterocycles. The van der Waals surface area contributed by atoms with Gasteiger partial charge in [-0.15, -0.1) is 0 Å². The third-order valence-electron chi connectivity index (χ3n) is 5.04. The summed E-state index contributed by atoms with van der Waals surface area (Å²) in [5, 5.41) is 17.0. The van der Waals surface area contributed by atoms with Crippen molar-refractivity contribution in [3.05, 3.63) is 71.8 Å². The van der Waals surface area contributed by atoms with Crippen molar-refractivity contribution >= 4 is 12.2 Å². The van der Waals surface area contributed by atoms with Crippen LogP contribution in [0.1, 0.15) is 59.1 Å². The maximum atomic E-state index is 12.5. The van der Waals surface area contributed by atoms with Crippen molar-refractivity contribution in [3.8, 4) is 0 Å². The Bertz CT molecular complexity index is 920. The van der Waals surface area contributed by atoms with Crippen molar-refractivity contribution in [2.75, 3.05) is 0 Å². The van der Waals surface area contributed by atoms with Crippen LogP contribution in [-0.4, -0.2) is 46.7 Å². The number of ether oxygens (including phenoxy) is 2. The van der Waals surface area contributed by atoms with Gasteiger partial charge < -0.3 is 25.2 Å². The van der Waals surface area contributed by atoms with E-state index in [0.29, 0.717) is 12.8 Å². The number of hydrogen-bond acceptors (Lipinski definition) is 5. The Kier molecular flexibility index (Phi) is 10.1. The van der Waals surface area contributed by atoms with E-state index in [1.165, 1.54) is 0 Å². The van der Waals surface area contributed by atoms with Crippen molar-refractivity contribution in [2.24, 2.45) is 0 Å². The third kappa shape index (κ3) is 11.8. The summed E-state index contributed by atoms with van der Waals surface area (Å²) in [7, 11) is 0. The zero-order chi connectivity index (χ0) is 26.1. The average molecular weight is 485 g/mol. The molecule has 3 N–H and O–H groups in total. The lowest BCUT2D eigenvalue weighted by atomic mass is 9.94. The largest absolute Gasteiger partial charge is 0.444 e. The minimum atomic E-state index is -0.952. The first-order valence-corrected chi connectivity index (χ1v) is 12.1. The molecule has 3 atom stereocenters. The molecule has 192 valence electrons. The summed E-state index contributed by atoms with van der Waals surface area (Å²) in [5.41, 5.74) is 0.668. The van der Waals surface area contributed by atoms with Gasteiger partial charge in [-0.25, -0.2) is 9.59 Å². The van der Waals surface area contributed by atoms with Gasteiger partial charge in [0.15, 0.2) is 0 Å². The van der Waals surface area contributed by atoms with Gasteiger partial charge >= 0.3 is 12.2 Å². The number of nitrogens with one attached hydrogen (secondary N) is 2. The summed E-state index contributed by atoms with van der Waals surface area (Å²) < 4.78 is 10.9. The van der Waals surface area contributed by atoms with Crippen LogP contribution in [0.4, 0.5) is 9.59 Å². The molecule has 2 rings (SSSR count). The molecular formula is C28H40N2O5. The van der Waals surface area contributed by atoms with Crippen LogP contribution in [0.5, 0.6) is 0 Å². The lowest BCUT2D eigenvalue weighted by Crippen LogP contribution is -2.50. The molecule has 0 bridgehead atoms. The SMILES string of the molecule is CC(C)(C)OC(=O)NC(Cc1ccccc1)CC(O)C(Cc1ccccc1)NC(=O)OC(C)(C)C. The second-order valence-corrected chi connectivity index (χ2v) is 10.8. The summed E-state index contributed by atoms with van der Waals surface area (Å²) >= 11 is 0. The van der Waals surface area contributed by atoms with E-state index >= 15 is 0 Å². The van der Waals surface area contributed by atoms with Crippen molar-refractivity contribution in [2.45, 2.75) is 90.2 Å². The Morgan fingerprint density at radius 1 is 0.743 bits per heavy atom. The van der Waals surface area contributed by atoms with Crippen LogP contribution in [0.25, 0.3) is 0 Å². The van der Waals surface area contributed by atoms with Crippen LogP contribution in [0.2, 0.25) is 0 Å². The highest BCUT2D eigenvalue weighted by atomic mass is 16.6. The molecule has 2 aromatic rings. The molecule has 0 aromatic heterocycles. The average Bonchev–Trinajstić information content (AvgIpc) is 2.72. The van der Waals surface area contributed by atoms with Crippen molar-refractivity contribution < 1.29 is 24.2 Å². The van der Waals surface area contributed by atoms with Crippen molar-refractivity contribution in [3.63, 3.8) is 0 Å². The van der Waals surface area contributed by atoms with Gasteiger partial charge in [-0.05, 0) is 71.9 Å². The molecule has 0 spiro atoms.